The first kappa shape index (κ1) is 23.6. The van der Waals surface area contributed by atoms with Crippen LogP contribution in [0.4, 0.5) is 0 Å². The zero-order chi connectivity index (χ0) is 26.1. The molecule has 2 N–H and O–H groups in total. The van der Waals surface area contributed by atoms with Gasteiger partial charge in [0.15, 0.2) is 5.60 Å². The van der Waals surface area contributed by atoms with Gasteiger partial charge < -0.3 is 24.4 Å². The molecule has 0 atom stereocenters. The predicted octanol–water partition coefficient (Wildman–Crippen LogP) is 7.39. The number of hydrogen-bond donors (Lipinski definition) is 2. The first-order chi connectivity index (χ1) is 18.6. The minimum absolute atomic E-state index is 0.00394. The molecule has 5 nitrogen and oxygen atoms in total. The smallest absolute Gasteiger partial charge is 0.150 e. The molecule has 5 aromatic rings. The number of hydrogen-bond acceptors (Lipinski definition) is 5. The number of aromatic hydroxyl groups is 2. The van der Waals surface area contributed by atoms with Crippen LogP contribution in [0.5, 0.6) is 28.7 Å². The fourth-order valence-corrected chi connectivity index (χ4v) is 5.12. The highest BCUT2D eigenvalue weighted by molar-refractivity contribution is 5.69. The maximum atomic E-state index is 10.1. The quantitative estimate of drug-likeness (QED) is 0.253. The Morgan fingerprint density at radius 2 is 1.34 bits per heavy atom. The summed E-state index contributed by atoms with van der Waals surface area (Å²) >= 11 is 0. The molecule has 6 rings (SSSR count). The van der Waals surface area contributed by atoms with Crippen LogP contribution >= 0.6 is 0 Å². The average Bonchev–Trinajstić information content (AvgIpc) is 2.96. The summed E-state index contributed by atoms with van der Waals surface area (Å²) < 4.78 is 18.6. The van der Waals surface area contributed by atoms with E-state index in [-0.39, 0.29) is 18.1 Å². The van der Waals surface area contributed by atoms with Gasteiger partial charge in [-0.3, -0.25) is 0 Å². The highest BCUT2D eigenvalue weighted by Gasteiger charge is 2.44. The average molecular weight is 503 g/mol. The number of ether oxygens (including phenoxy) is 3. The molecule has 0 bridgehead atoms. The number of para-hydroxylation sites is 2. The lowest BCUT2D eigenvalue weighted by atomic mass is 9.77. The van der Waals surface area contributed by atoms with E-state index in [9.17, 15) is 10.2 Å². The van der Waals surface area contributed by atoms with Crippen molar-refractivity contribution in [3.8, 4) is 39.9 Å². The molecule has 0 amide bonds. The largest absolute Gasteiger partial charge is 0.508 e. The molecule has 0 radical (unpaired) electrons. The third-order valence-corrected chi connectivity index (χ3v) is 6.96. The van der Waals surface area contributed by atoms with Gasteiger partial charge in [-0.25, -0.2) is 0 Å². The van der Waals surface area contributed by atoms with Crippen LogP contribution in [0.15, 0.2) is 115 Å². The summed E-state index contributed by atoms with van der Waals surface area (Å²) in [4.78, 5) is 0. The number of rotatable bonds is 6. The van der Waals surface area contributed by atoms with E-state index in [0.717, 1.165) is 39.3 Å². The lowest BCUT2D eigenvalue weighted by molar-refractivity contribution is 0.0499. The van der Waals surface area contributed by atoms with Gasteiger partial charge in [-0.05, 0) is 59.2 Å². The first-order valence-electron chi connectivity index (χ1n) is 12.3. The van der Waals surface area contributed by atoms with E-state index < -0.39 is 5.60 Å². The lowest BCUT2D eigenvalue weighted by Crippen LogP contribution is -2.34. The Labute approximate surface area is 221 Å². The van der Waals surface area contributed by atoms with Crippen molar-refractivity contribution in [3.05, 3.63) is 138 Å². The molecule has 1 aliphatic rings. The van der Waals surface area contributed by atoms with Crippen LogP contribution in [0.1, 0.15) is 22.3 Å². The molecule has 5 heteroatoms. The number of phenols is 2. The summed E-state index contributed by atoms with van der Waals surface area (Å²) in [6, 6.07) is 36.6. The summed E-state index contributed by atoms with van der Waals surface area (Å²) in [5, 5.41) is 19.6. The van der Waals surface area contributed by atoms with Crippen molar-refractivity contribution in [1.82, 2.24) is 0 Å². The third-order valence-electron chi connectivity index (χ3n) is 6.96. The van der Waals surface area contributed by atoms with Gasteiger partial charge >= 0.3 is 0 Å². The summed E-state index contributed by atoms with van der Waals surface area (Å²) in [7, 11) is 1.73. The van der Waals surface area contributed by atoms with Crippen LogP contribution in [0, 0.1) is 0 Å². The van der Waals surface area contributed by atoms with E-state index in [0.29, 0.717) is 11.3 Å². The van der Waals surface area contributed by atoms with Crippen molar-refractivity contribution < 1.29 is 24.4 Å². The van der Waals surface area contributed by atoms with Gasteiger partial charge in [-0.15, -0.1) is 0 Å². The van der Waals surface area contributed by atoms with Crippen LogP contribution in [0.25, 0.3) is 11.1 Å². The fourth-order valence-electron chi connectivity index (χ4n) is 5.12. The van der Waals surface area contributed by atoms with Gasteiger partial charge in [0.25, 0.3) is 0 Å². The van der Waals surface area contributed by atoms with E-state index in [1.807, 2.05) is 66.7 Å². The summed E-state index contributed by atoms with van der Waals surface area (Å²) in [6.07, 6.45) is 0. The number of phenolic OH excluding ortho intramolecular Hbond substituents is 2. The predicted molar refractivity (Wildman–Crippen MR) is 146 cm³/mol. The molecule has 0 aromatic heterocycles. The van der Waals surface area contributed by atoms with Gasteiger partial charge in [0, 0.05) is 29.9 Å². The summed E-state index contributed by atoms with van der Waals surface area (Å²) in [5.41, 5.74) is 4.63. The minimum atomic E-state index is -0.841. The van der Waals surface area contributed by atoms with Crippen molar-refractivity contribution in [2.24, 2.45) is 0 Å². The normalized spacial score (nSPS) is 13.2. The van der Waals surface area contributed by atoms with E-state index in [1.165, 1.54) is 12.1 Å². The fraction of sp³-hybridized carbons (Fsp3) is 0.0909. The van der Waals surface area contributed by atoms with Crippen LogP contribution in [-0.2, 0) is 16.9 Å². The van der Waals surface area contributed by atoms with Crippen molar-refractivity contribution in [2.45, 2.75) is 12.2 Å². The molecule has 1 aliphatic heterocycles. The molecule has 188 valence electrons. The van der Waals surface area contributed by atoms with Crippen molar-refractivity contribution in [2.75, 3.05) is 7.11 Å². The second-order valence-electron chi connectivity index (χ2n) is 9.19. The van der Waals surface area contributed by atoms with Crippen molar-refractivity contribution >= 4 is 0 Å². The van der Waals surface area contributed by atoms with Gasteiger partial charge in [-0.1, -0.05) is 66.7 Å². The summed E-state index contributed by atoms with van der Waals surface area (Å²) in [6.45, 7) is 0.177. The van der Waals surface area contributed by atoms with E-state index in [2.05, 4.69) is 30.3 Å². The molecule has 0 saturated carbocycles. The van der Waals surface area contributed by atoms with Crippen LogP contribution in [0.3, 0.4) is 0 Å². The molecule has 0 unspecified atom stereocenters. The zero-order valence-corrected chi connectivity index (χ0v) is 20.8. The highest BCUT2D eigenvalue weighted by atomic mass is 16.5. The first-order valence-corrected chi connectivity index (χ1v) is 12.3. The van der Waals surface area contributed by atoms with Crippen LogP contribution in [-0.4, -0.2) is 17.3 Å². The Bertz CT molecular complexity index is 1580. The van der Waals surface area contributed by atoms with Gasteiger partial charge in [-0.2, -0.15) is 0 Å². The molecule has 0 spiro atoms. The maximum Gasteiger partial charge on any atom is 0.150 e. The molecular formula is C33H26O5. The topological polar surface area (TPSA) is 68.2 Å². The Balaban J connectivity index is 1.38. The van der Waals surface area contributed by atoms with Gasteiger partial charge in [0.05, 0.1) is 0 Å². The zero-order valence-electron chi connectivity index (χ0n) is 20.8. The van der Waals surface area contributed by atoms with Crippen LogP contribution in [0.2, 0.25) is 0 Å². The monoisotopic (exact) mass is 502 g/mol. The van der Waals surface area contributed by atoms with Crippen molar-refractivity contribution in [1.29, 1.82) is 0 Å². The van der Waals surface area contributed by atoms with Crippen molar-refractivity contribution in [3.63, 3.8) is 0 Å². The third kappa shape index (κ3) is 4.03. The Kier molecular flexibility index (Phi) is 5.98. The van der Waals surface area contributed by atoms with Gasteiger partial charge in [0.2, 0.25) is 0 Å². The molecule has 38 heavy (non-hydrogen) atoms. The van der Waals surface area contributed by atoms with Gasteiger partial charge in [0.1, 0.15) is 35.4 Å². The minimum Gasteiger partial charge on any atom is -0.508 e. The number of benzene rings is 5. The molecule has 5 aromatic carbocycles. The second-order valence-corrected chi connectivity index (χ2v) is 9.19. The standard InChI is InChI=1S/C33H26O5/c1-36-33(28-12-2-4-14-31(28)38-32-15-5-3-13-29(32)33)25-10-6-8-22(18-25)23-9-7-11-27(19-23)37-21-24-16-17-26(34)20-30(24)35/h2-20,34-35H,21H2,1H3. The second kappa shape index (κ2) is 9.61. The number of fused-ring (bicyclic) bond motifs is 2. The highest BCUT2D eigenvalue weighted by Crippen LogP contribution is 2.52. The Hall–Kier alpha value is -4.74. The molecule has 0 fully saturated rings. The molecular weight excluding hydrogens is 476 g/mol. The lowest BCUT2D eigenvalue weighted by Gasteiger charge is -2.39. The molecule has 0 aliphatic carbocycles. The molecule has 0 saturated heterocycles. The maximum absolute atomic E-state index is 10.1. The summed E-state index contributed by atoms with van der Waals surface area (Å²) in [5.74, 6) is 2.22. The van der Waals surface area contributed by atoms with E-state index in [4.69, 9.17) is 14.2 Å². The SMILES string of the molecule is COC1(c2cccc(-c3cccc(OCc4ccc(O)cc4O)c3)c2)c2ccccc2Oc2ccccc21. The Morgan fingerprint density at radius 3 is 2.03 bits per heavy atom. The van der Waals surface area contributed by atoms with Crippen LogP contribution < -0.4 is 9.47 Å². The number of methoxy groups -OCH3 is 1. The van der Waals surface area contributed by atoms with E-state index in [1.54, 1.807) is 13.2 Å². The Morgan fingerprint density at radius 1 is 0.684 bits per heavy atom. The van der Waals surface area contributed by atoms with E-state index >= 15 is 0 Å². The molecule has 1 heterocycles.